The lowest BCUT2D eigenvalue weighted by atomic mass is 10.2. The molecule has 1 amide bonds. The molecule has 1 aliphatic rings. The van der Waals surface area contributed by atoms with Crippen molar-refractivity contribution in [2.45, 2.75) is 23.9 Å². The fourth-order valence-electron chi connectivity index (χ4n) is 3.25. The maximum atomic E-state index is 13.1. The van der Waals surface area contributed by atoms with Crippen LogP contribution in [0.15, 0.2) is 52.1 Å². The van der Waals surface area contributed by atoms with Crippen LogP contribution in [-0.2, 0) is 0 Å². The average Bonchev–Trinajstić information content (AvgIpc) is 3.36. The minimum absolute atomic E-state index is 0.0579. The normalized spacial score (nSPS) is 16.7. The van der Waals surface area contributed by atoms with E-state index in [0.717, 1.165) is 23.4 Å². The van der Waals surface area contributed by atoms with Gasteiger partial charge in [-0.3, -0.25) is 4.79 Å². The number of hydrogen-bond acceptors (Lipinski definition) is 6. The van der Waals surface area contributed by atoms with Crippen LogP contribution in [0.5, 0.6) is 0 Å². The van der Waals surface area contributed by atoms with Crippen molar-refractivity contribution in [2.75, 3.05) is 12.8 Å². The predicted molar refractivity (Wildman–Crippen MR) is 104 cm³/mol. The highest BCUT2D eigenvalue weighted by atomic mass is 35.5. The molecule has 0 spiro atoms. The number of rotatable bonds is 4. The summed E-state index contributed by atoms with van der Waals surface area (Å²) in [5, 5.41) is 5.40. The lowest BCUT2D eigenvalue weighted by molar-refractivity contribution is 0.0705. The lowest BCUT2D eigenvalue weighted by Crippen LogP contribution is -2.31. The van der Waals surface area contributed by atoms with Crippen LogP contribution < -0.4 is 0 Å². The van der Waals surface area contributed by atoms with Gasteiger partial charge in [0.1, 0.15) is 11.1 Å². The largest absolute Gasteiger partial charge is 0.337 e. The second-order valence-corrected chi connectivity index (χ2v) is 7.41. The summed E-state index contributed by atoms with van der Waals surface area (Å²) in [5.41, 5.74) is 1.39. The van der Waals surface area contributed by atoms with E-state index in [-0.39, 0.29) is 11.9 Å². The Bertz CT molecular complexity index is 978. The van der Waals surface area contributed by atoms with Crippen LogP contribution >= 0.6 is 23.4 Å². The quantitative estimate of drug-likeness (QED) is 0.601. The van der Waals surface area contributed by atoms with Crippen LogP contribution in [0, 0.1) is 0 Å². The van der Waals surface area contributed by atoms with Gasteiger partial charge in [-0.1, -0.05) is 28.9 Å². The molecule has 138 valence electrons. The summed E-state index contributed by atoms with van der Waals surface area (Å²) in [4.78, 5) is 23.7. The fourth-order valence-corrected chi connectivity index (χ4v) is 3.98. The van der Waals surface area contributed by atoms with Gasteiger partial charge in [-0.15, -0.1) is 11.8 Å². The summed E-state index contributed by atoms with van der Waals surface area (Å²) in [7, 11) is 0. The first-order valence-corrected chi connectivity index (χ1v) is 10.2. The summed E-state index contributed by atoms with van der Waals surface area (Å²) < 4.78 is 5.50. The van der Waals surface area contributed by atoms with Gasteiger partial charge in [-0.2, -0.15) is 4.98 Å². The van der Waals surface area contributed by atoms with E-state index in [2.05, 4.69) is 15.1 Å². The van der Waals surface area contributed by atoms with Gasteiger partial charge in [0.25, 0.3) is 5.91 Å². The van der Waals surface area contributed by atoms with Crippen LogP contribution in [0.2, 0.25) is 5.02 Å². The van der Waals surface area contributed by atoms with E-state index in [1.807, 2.05) is 24.5 Å². The van der Waals surface area contributed by atoms with Crippen LogP contribution in [0.1, 0.15) is 35.1 Å². The van der Waals surface area contributed by atoms with Crippen molar-refractivity contribution in [1.82, 2.24) is 20.0 Å². The van der Waals surface area contributed by atoms with Crippen molar-refractivity contribution in [2.24, 2.45) is 0 Å². The molecule has 0 bridgehead atoms. The number of carbonyl (C=O) groups is 1. The molecule has 0 unspecified atom stereocenters. The molecule has 1 fully saturated rings. The zero-order valence-electron chi connectivity index (χ0n) is 14.6. The number of nitrogens with zero attached hydrogens (tertiary/aromatic N) is 4. The van der Waals surface area contributed by atoms with Gasteiger partial charge < -0.3 is 9.42 Å². The Kier molecular flexibility index (Phi) is 5.13. The topological polar surface area (TPSA) is 72.1 Å². The molecule has 0 radical (unpaired) electrons. The molecule has 0 aliphatic carbocycles. The first kappa shape index (κ1) is 18.0. The third-order valence-corrected chi connectivity index (χ3v) is 5.47. The van der Waals surface area contributed by atoms with Crippen molar-refractivity contribution in [3.63, 3.8) is 0 Å². The molecule has 4 rings (SSSR count). The summed E-state index contributed by atoms with van der Waals surface area (Å²) in [5.74, 6) is 0.862. The summed E-state index contributed by atoms with van der Waals surface area (Å²) >= 11 is 7.50. The highest BCUT2D eigenvalue weighted by Crippen LogP contribution is 2.34. The van der Waals surface area contributed by atoms with Gasteiger partial charge in [0.15, 0.2) is 0 Å². The zero-order valence-corrected chi connectivity index (χ0v) is 16.2. The molecule has 0 N–H and O–H groups in total. The predicted octanol–water partition coefficient (Wildman–Crippen LogP) is 4.48. The molecular weight excluding hydrogens is 384 g/mol. The van der Waals surface area contributed by atoms with E-state index in [0.29, 0.717) is 28.8 Å². The molecule has 1 aliphatic heterocycles. The molecule has 0 saturated carbocycles. The van der Waals surface area contributed by atoms with Crippen LogP contribution in [0.4, 0.5) is 0 Å². The summed E-state index contributed by atoms with van der Waals surface area (Å²) in [6.45, 7) is 0.654. The first-order valence-electron chi connectivity index (χ1n) is 8.57. The molecule has 1 aromatic carbocycles. The lowest BCUT2D eigenvalue weighted by Gasteiger charge is -2.22. The third kappa shape index (κ3) is 3.57. The van der Waals surface area contributed by atoms with Gasteiger partial charge in [0, 0.05) is 23.3 Å². The van der Waals surface area contributed by atoms with Crippen molar-refractivity contribution in [1.29, 1.82) is 0 Å². The van der Waals surface area contributed by atoms with Crippen molar-refractivity contribution >= 4 is 29.3 Å². The molecule has 3 aromatic rings. The molecule has 8 heteroatoms. The molecule has 1 atom stereocenters. The SMILES string of the molecule is CSc1ncccc1C(=O)N1CCC[C@@H]1c1nc(-c2cccc(Cl)c2)no1. The summed E-state index contributed by atoms with van der Waals surface area (Å²) in [6, 6.07) is 10.6. The fraction of sp³-hybridized carbons (Fsp3) is 0.263. The van der Waals surface area contributed by atoms with Gasteiger partial charge in [0.2, 0.25) is 11.7 Å². The van der Waals surface area contributed by atoms with E-state index in [9.17, 15) is 4.79 Å². The molecule has 6 nitrogen and oxygen atoms in total. The zero-order chi connectivity index (χ0) is 18.8. The number of amides is 1. The number of pyridine rings is 1. The van der Waals surface area contributed by atoms with E-state index >= 15 is 0 Å². The minimum atomic E-state index is -0.229. The number of carbonyl (C=O) groups excluding carboxylic acids is 1. The molecular formula is C19H17ClN4O2S. The number of hydrogen-bond donors (Lipinski definition) is 0. The standard InChI is InChI=1S/C19H17ClN4O2S/c1-27-18-14(7-3-9-21-18)19(25)24-10-4-8-15(24)17-22-16(23-26-17)12-5-2-6-13(20)11-12/h2-3,5-7,9,11,15H,4,8,10H2,1H3/t15-/m1/s1. The number of aromatic nitrogens is 3. The number of halogens is 1. The van der Waals surface area contributed by atoms with Crippen molar-refractivity contribution < 1.29 is 9.32 Å². The van der Waals surface area contributed by atoms with E-state index in [4.69, 9.17) is 16.1 Å². The average molecular weight is 401 g/mol. The minimum Gasteiger partial charge on any atom is -0.337 e. The van der Waals surface area contributed by atoms with Crippen LogP contribution in [-0.4, -0.2) is 38.7 Å². The van der Waals surface area contributed by atoms with Gasteiger partial charge in [-0.25, -0.2) is 4.98 Å². The Morgan fingerprint density at radius 2 is 2.22 bits per heavy atom. The molecule has 27 heavy (non-hydrogen) atoms. The Morgan fingerprint density at radius 1 is 1.33 bits per heavy atom. The maximum Gasteiger partial charge on any atom is 0.257 e. The van der Waals surface area contributed by atoms with Gasteiger partial charge >= 0.3 is 0 Å². The monoisotopic (exact) mass is 400 g/mol. The van der Waals surface area contributed by atoms with E-state index in [1.165, 1.54) is 11.8 Å². The number of likely N-dealkylation sites (tertiary alicyclic amines) is 1. The second kappa shape index (κ2) is 7.70. The number of thioether (sulfide) groups is 1. The summed E-state index contributed by atoms with van der Waals surface area (Å²) in [6.07, 6.45) is 5.28. The first-order chi connectivity index (χ1) is 13.2. The smallest absolute Gasteiger partial charge is 0.257 e. The van der Waals surface area contributed by atoms with Crippen molar-refractivity contribution in [3.8, 4) is 11.4 Å². The molecule has 1 saturated heterocycles. The Morgan fingerprint density at radius 3 is 3.04 bits per heavy atom. The number of benzene rings is 1. The second-order valence-electron chi connectivity index (χ2n) is 6.18. The van der Waals surface area contributed by atoms with E-state index in [1.54, 1.807) is 29.3 Å². The molecule has 3 heterocycles. The van der Waals surface area contributed by atoms with Crippen molar-refractivity contribution in [3.05, 3.63) is 59.1 Å². The molecule has 2 aromatic heterocycles. The van der Waals surface area contributed by atoms with Crippen LogP contribution in [0.25, 0.3) is 11.4 Å². The highest BCUT2D eigenvalue weighted by molar-refractivity contribution is 7.98. The highest BCUT2D eigenvalue weighted by Gasteiger charge is 2.35. The van der Waals surface area contributed by atoms with Crippen LogP contribution in [0.3, 0.4) is 0 Å². The Labute approximate surface area is 165 Å². The maximum absolute atomic E-state index is 13.1. The van der Waals surface area contributed by atoms with Gasteiger partial charge in [0.05, 0.1) is 5.56 Å². The third-order valence-electron chi connectivity index (χ3n) is 4.52. The Hall–Kier alpha value is -2.38. The van der Waals surface area contributed by atoms with E-state index < -0.39 is 0 Å². The van der Waals surface area contributed by atoms with Gasteiger partial charge in [-0.05, 0) is 43.4 Å². The Balaban J connectivity index is 1.61.